The van der Waals surface area contributed by atoms with Gasteiger partial charge in [0.05, 0.1) is 13.2 Å². The van der Waals surface area contributed by atoms with Crippen molar-refractivity contribution in [2.24, 2.45) is 11.8 Å². The first-order chi connectivity index (χ1) is 13.0. The Labute approximate surface area is 163 Å². The molecule has 0 aromatic heterocycles. The van der Waals surface area contributed by atoms with E-state index < -0.39 is 0 Å². The first-order valence-corrected chi connectivity index (χ1v) is 10.7. The zero-order chi connectivity index (χ0) is 19.2. The Balaban J connectivity index is 1.37. The highest BCUT2D eigenvalue weighted by atomic mass is 16.5. The van der Waals surface area contributed by atoms with Crippen LogP contribution in [0, 0.1) is 11.8 Å². The third-order valence-corrected chi connectivity index (χ3v) is 6.28. The van der Waals surface area contributed by atoms with Crippen molar-refractivity contribution in [3.63, 3.8) is 0 Å². The van der Waals surface area contributed by atoms with Gasteiger partial charge in [-0.05, 0) is 52.0 Å². The molecule has 3 aliphatic rings. The van der Waals surface area contributed by atoms with E-state index in [0.717, 1.165) is 25.9 Å². The van der Waals surface area contributed by atoms with Crippen molar-refractivity contribution in [1.82, 2.24) is 20.0 Å². The molecule has 3 amide bonds. The lowest BCUT2D eigenvalue weighted by Crippen LogP contribution is -2.50. The van der Waals surface area contributed by atoms with Gasteiger partial charge >= 0.3 is 6.03 Å². The summed E-state index contributed by atoms with van der Waals surface area (Å²) in [4.78, 5) is 31.4. The maximum absolute atomic E-state index is 12.6. The smallest absolute Gasteiger partial charge is 0.317 e. The lowest BCUT2D eigenvalue weighted by Gasteiger charge is -2.37. The Hall–Kier alpha value is -1.34. The number of amides is 3. The number of likely N-dealkylation sites (tertiary alicyclic amines) is 2. The van der Waals surface area contributed by atoms with E-state index in [0.29, 0.717) is 51.4 Å². The SMILES string of the molecule is CC(C)N1CCCC(CNC(=O)N2CCC(C(=O)N3CCOCC3)CC2)C1. The molecule has 3 heterocycles. The maximum Gasteiger partial charge on any atom is 0.317 e. The summed E-state index contributed by atoms with van der Waals surface area (Å²) in [6.07, 6.45) is 3.95. The topological polar surface area (TPSA) is 65.1 Å². The highest BCUT2D eigenvalue weighted by molar-refractivity contribution is 5.80. The number of urea groups is 1. The number of hydrogen-bond donors (Lipinski definition) is 1. The third kappa shape index (κ3) is 5.57. The number of ether oxygens (including phenoxy) is 1. The fourth-order valence-corrected chi connectivity index (χ4v) is 4.45. The Morgan fingerprint density at radius 2 is 1.70 bits per heavy atom. The van der Waals surface area contributed by atoms with Gasteiger partial charge in [-0.25, -0.2) is 4.79 Å². The van der Waals surface area contributed by atoms with Crippen LogP contribution in [0.4, 0.5) is 4.79 Å². The molecule has 0 aliphatic carbocycles. The molecule has 0 saturated carbocycles. The fraction of sp³-hybridized carbons (Fsp3) is 0.900. The second-order valence-corrected chi connectivity index (χ2v) is 8.48. The lowest BCUT2D eigenvalue weighted by atomic mass is 9.95. The number of carbonyl (C=O) groups is 2. The van der Waals surface area contributed by atoms with Crippen LogP contribution in [0.15, 0.2) is 0 Å². The van der Waals surface area contributed by atoms with Gasteiger partial charge in [-0.15, -0.1) is 0 Å². The molecular weight excluding hydrogens is 344 g/mol. The van der Waals surface area contributed by atoms with Crippen molar-refractivity contribution < 1.29 is 14.3 Å². The van der Waals surface area contributed by atoms with Crippen LogP contribution < -0.4 is 5.32 Å². The number of hydrogen-bond acceptors (Lipinski definition) is 4. The van der Waals surface area contributed by atoms with E-state index in [4.69, 9.17) is 4.74 Å². The first-order valence-electron chi connectivity index (χ1n) is 10.7. The van der Waals surface area contributed by atoms with Crippen LogP contribution in [0.2, 0.25) is 0 Å². The molecule has 154 valence electrons. The van der Waals surface area contributed by atoms with Gasteiger partial charge in [-0.3, -0.25) is 4.79 Å². The van der Waals surface area contributed by atoms with Crippen molar-refractivity contribution in [2.45, 2.75) is 45.6 Å². The molecule has 3 aliphatic heterocycles. The zero-order valence-electron chi connectivity index (χ0n) is 17.0. The summed E-state index contributed by atoms with van der Waals surface area (Å²) in [6.45, 7) is 11.5. The van der Waals surface area contributed by atoms with E-state index in [-0.39, 0.29) is 17.9 Å². The normalized spacial score (nSPS) is 25.7. The molecule has 0 radical (unpaired) electrons. The first kappa shape index (κ1) is 20.4. The van der Waals surface area contributed by atoms with Crippen LogP contribution in [-0.2, 0) is 9.53 Å². The van der Waals surface area contributed by atoms with Crippen molar-refractivity contribution in [2.75, 3.05) is 59.0 Å². The molecule has 3 fully saturated rings. The second-order valence-electron chi connectivity index (χ2n) is 8.48. The van der Waals surface area contributed by atoms with Gasteiger partial charge in [0.2, 0.25) is 5.91 Å². The molecule has 0 spiro atoms. The Kier molecular flexibility index (Phi) is 7.35. The molecule has 0 aromatic rings. The Bertz CT molecular complexity index is 499. The number of piperidine rings is 2. The summed E-state index contributed by atoms with van der Waals surface area (Å²) >= 11 is 0. The van der Waals surface area contributed by atoms with E-state index in [1.807, 2.05) is 9.80 Å². The van der Waals surface area contributed by atoms with Crippen LogP contribution in [0.25, 0.3) is 0 Å². The number of rotatable bonds is 4. The minimum Gasteiger partial charge on any atom is -0.378 e. The van der Waals surface area contributed by atoms with Crippen molar-refractivity contribution >= 4 is 11.9 Å². The highest BCUT2D eigenvalue weighted by Gasteiger charge is 2.31. The number of nitrogens with one attached hydrogen (secondary N) is 1. The van der Waals surface area contributed by atoms with E-state index in [2.05, 4.69) is 24.1 Å². The summed E-state index contributed by atoms with van der Waals surface area (Å²) < 4.78 is 5.32. The minimum atomic E-state index is 0.0361. The summed E-state index contributed by atoms with van der Waals surface area (Å²) in [5.41, 5.74) is 0. The van der Waals surface area contributed by atoms with E-state index >= 15 is 0 Å². The average Bonchev–Trinajstić information content (AvgIpc) is 2.72. The summed E-state index contributed by atoms with van der Waals surface area (Å²) in [5.74, 6) is 0.852. The van der Waals surface area contributed by atoms with Gasteiger partial charge in [0, 0.05) is 51.2 Å². The molecule has 7 nitrogen and oxygen atoms in total. The van der Waals surface area contributed by atoms with E-state index in [1.165, 1.54) is 19.4 Å². The zero-order valence-corrected chi connectivity index (χ0v) is 17.0. The van der Waals surface area contributed by atoms with Gasteiger partial charge < -0.3 is 24.8 Å². The predicted molar refractivity (Wildman–Crippen MR) is 105 cm³/mol. The molecule has 7 heteroatoms. The van der Waals surface area contributed by atoms with Crippen LogP contribution in [0.5, 0.6) is 0 Å². The molecule has 3 saturated heterocycles. The molecule has 1 unspecified atom stereocenters. The fourth-order valence-electron chi connectivity index (χ4n) is 4.45. The second kappa shape index (κ2) is 9.73. The van der Waals surface area contributed by atoms with Crippen LogP contribution >= 0.6 is 0 Å². The number of carbonyl (C=O) groups excluding carboxylic acids is 2. The van der Waals surface area contributed by atoms with Gasteiger partial charge in [0.15, 0.2) is 0 Å². The Morgan fingerprint density at radius 1 is 1.00 bits per heavy atom. The highest BCUT2D eigenvalue weighted by Crippen LogP contribution is 2.21. The molecular formula is C20H36N4O3. The summed E-state index contributed by atoms with van der Waals surface area (Å²) in [7, 11) is 0. The van der Waals surface area contributed by atoms with Gasteiger partial charge in [0.1, 0.15) is 0 Å². The van der Waals surface area contributed by atoms with Crippen LogP contribution in [0.3, 0.4) is 0 Å². The van der Waals surface area contributed by atoms with Crippen molar-refractivity contribution in [3.8, 4) is 0 Å². The Morgan fingerprint density at radius 3 is 2.37 bits per heavy atom. The summed E-state index contributed by atoms with van der Waals surface area (Å²) in [6, 6.07) is 0.612. The van der Waals surface area contributed by atoms with Crippen molar-refractivity contribution in [1.29, 1.82) is 0 Å². The van der Waals surface area contributed by atoms with Gasteiger partial charge in [-0.1, -0.05) is 0 Å². The molecule has 0 bridgehead atoms. The molecule has 1 atom stereocenters. The molecule has 1 N–H and O–H groups in total. The maximum atomic E-state index is 12.6. The minimum absolute atomic E-state index is 0.0361. The third-order valence-electron chi connectivity index (χ3n) is 6.28. The standard InChI is InChI=1S/C20H36N4O3/c1-16(2)24-7-3-4-17(15-24)14-21-20(26)23-8-5-18(6-9-23)19(25)22-10-12-27-13-11-22/h16-18H,3-15H2,1-2H3,(H,21,26). The van der Waals surface area contributed by atoms with Crippen molar-refractivity contribution in [3.05, 3.63) is 0 Å². The molecule has 0 aromatic carbocycles. The average molecular weight is 381 g/mol. The van der Waals surface area contributed by atoms with E-state index in [9.17, 15) is 9.59 Å². The summed E-state index contributed by atoms with van der Waals surface area (Å²) in [5, 5.41) is 3.14. The van der Waals surface area contributed by atoms with Crippen LogP contribution in [0.1, 0.15) is 39.5 Å². The molecule has 27 heavy (non-hydrogen) atoms. The quantitative estimate of drug-likeness (QED) is 0.800. The molecule has 3 rings (SSSR count). The predicted octanol–water partition coefficient (Wildman–Crippen LogP) is 1.39. The number of morpholine rings is 1. The monoisotopic (exact) mass is 380 g/mol. The van der Waals surface area contributed by atoms with Gasteiger partial charge in [0.25, 0.3) is 0 Å². The van der Waals surface area contributed by atoms with Gasteiger partial charge in [-0.2, -0.15) is 0 Å². The largest absolute Gasteiger partial charge is 0.378 e. The lowest BCUT2D eigenvalue weighted by molar-refractivity contribution is -0.141. The van der Waals surface area contributed by atoms with E-state index in [1.54, 1.807) is 0 Å². The van der Waals surface area contributed by atoms with Crippen LogP contribution in [-0.4, -0.2) is 91.7 Å². The number of nitrogens with zero attached hydrogens (tertiary/aromatic N) is 3.